The highest BCUT2D eigenvalue weighted by atomic mass is 16.2. The van der Waals surface area contributed by atoms with Gasteiger partial charge in [-0.3, -0.25) is 14.6 Å². The third-order valence-electron chi connectivity index (χ3n) is 5.21. The molecule has 5 heteroatoms. The van der Waals surface area contributed by atoms with Gasteiger partial charge in [0.25, 0.3) is 0 Å². The Morgan fingerprint density at radius 1 is 1.12 bits per heavy atom. The van der Waals surface area contributed by atoms with E-state index in [9.17, 15) is 9.59 Å². The minimum Gasteiger partial charge on any atom is -0.369 e. The first-order valence-electron chi connectivity index (χ1n) is 9.14. The Balaban J connectivity index is 1.61. The number of pyridine rings is 1. The van der Waals surface area contributed by atoms with Gasteiger partial charge in [-0.25, -0.2) is 0 Å². The Morgan fingerprint density at radius 2 is 1.85 bits per heavy atom. The molecule has 3 unspecified atom stereocenters. The number of rotatable bonds is 5. The molecule has 2 amide bonds. The summed E-state index contributed by atoms with van der Waals surface area (Å²) in [5.74, 6) is -0.576. The summed E-state index contributed by atoms with van der Waals surface area (Å²) in [6, 6.07) is 12.0. The lowest BCUT2D eigenvalue weighted by Gasteiger charge is -2.27. The zero-order valence-electron chi connectivity index (χ0n) is 15.0. The van der Waals surface area contributed by atoms with Gasteiger partial charge >= 0.3 is 0 Å². The lowest BCUT2D eigenvalue weighted by molar-refractivity contribution is -0.129. The summed E-state index contributed by atoms with van der Waals surface area (Å²) in [6.45, 7) is 1.98. The summed E-state index contributed by atoms with van der Waals surface area (Å²) in [5, 5.41) is 3.08. The number of hydrogen-bond donors (Lipinski definition) is 2. The SMILES string of the molecule is CC(NC(=O)C1CCCC(C(N)=O)C1)c1ccc(-c2cccnc2)cc1. The predicted molar refractivity (Wildman–Crippen MR) is 101 cm³/mol. The number of nitrogens with one attached hydrogen (secondary N) is 1. The minimum atomic E-state index is -0.290. The monoisotopic (exact) mass is 351 g/mol. The van der Waals surface area contributed by atoms with E-state index in [0.29, 0.717) is 6.42 Å². The van der Waals surface area contributed by atoms with Crippen LogP contribution in [0.4, 0.5) is 0 Å². The number of nitrogens with zero attached hydrogens (tertiary/aromatic N) is 1. The van der Waals surface area contributed by atoms with Crippen LogP contribution in [0.3, 0.4) is 0 Å². The van der Waals surface area contributed by atoms with E-state index in [-0.39, 0.29) is 29.7 Å². The molecule has 3 rings (SSSR count). The van der Waals surface area contributed by atoms with Gasteiger partial charge in [0.05, 0.1) is 6.04 Å². The summed E-state index contributed by atoms with van der Waals surface area (Å²) < 4.78 is 0. The normalized spacial score (nSPS) is 21.0. The minimum absolute atomic E-state index is 0.0137. The number of nitrogens with two attached hydrogens (primary N) is 1. The van der Waals surface area contributed by atoms with Crippen LogP contribution in [0.2, 0.25) is 0 Å². The van der Waals surface area contributed by atoms with Crippen molar-refractivity contribution in [1.29, 1.82) is 0 Å². The zero-order valence-corrected chi connectivity index (χ0v) is 15.0. The zero-order chi connectivity index (χ0) is 18.5. The van der Waals surface area contributed by atoms with Crippen molar-refractivity contribution in [3.63, 3.8) is 0 Å². The topological polar surface area (TPSA) is 85.1 Å². The van der Waals surface area contributed by atoms with E-state index in [1.165, 1.54) is 0 Å². The van der Waals surface area contributed by atoms with Crippen molar-refractivity contribution in [1.82, 2.24) is 10.3 Å². The van der Waals surface area contributed by atoms with Gasteiger partial charge in [-0.1, -0.05) is 36.8 Å². The second-order valence-corrected chi connectivity index (χ2v) is 7.06. The number of amides is 2. The van der Waals surface area contributed by atoms with Crippen LogP contribution >= 0.6 is 0 Å². The summed E-state index contributed by atoms with van der Waals surface area (Å²) in [5.41, 5.74) is 8.62. The summed E-state index contributed by atoms with van der Waals surface area (Å²) in [4.78, 5) is 28.1. The third kappa shape index (κ3) is 4.28. The smallest absolute Gasteiger partial charge is 0.223 e. The van der Waals surface area contributed by atoms with Crippen molar-refractivity contribution in [3.8, 4) is 11.1 Å². The van der Waals surface area contributed by atoms with Gasteiger partial charge < -0.3 is 11.1 Å². The molecule has 2 aromatic rings. The lowest BCUT2D eigenvalue weighted by atomic mass is 9.80. The van der Waals surface area contributed by atoms with Gasteiger partial charge in [0.2, 0.25) is 11.8 Å². The predicted octanol–water partition coefficient (Wildman–Crippen LogP) is 3.22. The Labute approximate surface area is 154 Å². The number of primary amides is 1. The largest absolute Gasteiger partial charge is 0.369 e. The van der Waals surface area contributed by atoms with E-state index in [2.05, 4.69) is 10.3 Å². The first-order valence-corrected chi connectivity index (χ1v) is 9.14. The molecule has 0 saturated heterocycles. The van der Waals surface area contributed by atoms with Crippen molar-refractivity contribution in [2.45, 2.75) is 38.6 Å². The highest BCUT2D eigenvalue weighted by Gasteiger charge is 2.30. The average Bonchev–Trinajstić information content (AvgIpc) is 2.68. The van der Waals surface area contributed by atoms with Crippen LogP contribution in [-0.2, 0) is 9.59 Å². The molecule has 0 bridgehead atoms. The van der Waals surface area contributed by atoms with Gasteiger partial charge in [-0.05, 0) is 48.9 Å². The van der Waals surface area contributed by atoms with Gasteiger partial charge in [-0.2, -0.15) is 0 Å². The molecule has 0 aliphatic heterocycles. The fraction of sp³-hybridized carbons (Fsp3) is 0.381. The molecular formula is C21H25N3O2. The molecule has 0 spiro atoms. The van der Waals surface area contributed by atoms with E-state index in [0.717, 1.165) is 36.0 Å². The third-order valence-corrected chi connectivity index (χ3v) is 5.21. The molecule has 1 saturated carbocycles. The van der Waals surface area contributed by atoms with Gasteiger partial charge in [0.15, 0.2) is 0 Å². The molecular weight excluding hydrogens is 326 g/mol. The maximum absolute atomic E-state index is 12.6. The van der Waals surface area contributed by atoms with Crippen molar-refractivity contribution in [2.75, 3.05) is 0 Å². The summed E-state index contributed by atoms with van der Waals surface area (Å²) in [7, 11) is 0. The second kappa shape index (κ2) is 8.13. The number of carbonyl (C=O) groups excluding carboxylic acids is 2. The van der Waals surface area contributed by atoms with Crippen LogP contribution in [-0.4, -0.2) is 16.8 Å². The van der Waals surface area contributed by atoms with Gasteiger partial charge in [-0.15, -0.1) is 0 Å². The summed E-state index contributed by atoms with van der Waals surface area (Å²) in [6.07, 6.45) is 6.64. The maximum Gasteiger partial charge on any atom is 0.223 e. The molecule has 1 heterocycles. The van der Waals surface area contributed by atoms with Crippen molar-refractivity contribution >= 4 is 11.8 Å². The Bertz CT molecular complexity index is 759. The molecule has 3 N–H and O–H groups in total. The Hall–Kier alpha value is -2.69. The quantitative estimate of drug-likeness (QED) is 0.867. The van der Waals surface area contributed by atoms with E-state index in [4.69, 9.17) is 5.73 Å². The van der Waals surface area contributed by atoms with Crippen LogP contribution < -0.4 is 11.1 Å². The summed E-state index contributed by atoms with van der Waals surface area (Å²) >= 11 is 0. The molecule has 136 valence electrons. The van der Waals surface area contributed by atoms with Crippen LogP contribution in [0.25, 0.3) is 11.1 Å². The fourth-order valence-electron chi connectivity index (χ4n) is 3.60. The van der Waals surface area contributed by atoms with Gasteiger partial charge in [0.1, 0.15) is 0 Å². The van der Waals surface area contributed by atoms with Crippen LogP contribution in [0, 0.1) is 11.8 Å². The number of aromatic nitrogens is 1. The first-order chi connectivity index (χ1) is 12.5. The molecule has 3 atom stereocenters. The standard InChI is InChI=1S/C21H25N3O2/c1-14(24-21(26)18-5-2-4-17(12-18)20(22)25)15-7-9-16(10-8-15)19-6-3-11-23-13-19/h3,6-11,13-14,17-18H,2,4-5,12H2,1H3,(H2,22,25)(H,24,26). The Kier molecular flexibility index (Phi) is 5.66. The molecule has 1 aromatic carbocycles. The van der Waals surface area contributed by atoms with E-state index < -0.39 is 0 Å². The van der Waals surface area contributed by atoms with Gasteiger partial charge in [0, 0.05) is 24.2 Å². The molecule has 1 fully saturated rings. The number of hydrogen-bond acceptors (Lipinski definition) is 3. The lowest BCUT2D eigenvalue weighted by Crippen LogP contribution is -2.38. The van der Waals surface area contributed by atoms with E-state index >= 15 is 0 Å². The van der Waals surface area contributed by atoms with Crippen LogP contribution in [0.1, 0.15) is 44.2 Å². The maximum atomic E-state index is 12.6. The molecule has 1 aliphatic rings. The molecule has 1 aromatic heterocycles. The molecule has 0 radical (unpaired) electrons. The van der Waals surface area contributed by atoms with Crippen LogP contribution in [0.15, 0.2) is 48.8 Å². The highest BCUT2D eigenvalue weighted by molar-refractivity contribution is 5.82. The first kappa shape index (κ1) is 18.1. The van der Waals surface area contributed by atoms with Crippen molar-refractivity contribution < 1.29 is 9.59 Å². The van der Waals surface area contributed by atoms with E-state index in [1.54, 1.807) is 6.20 Å². The number of carbonyl (C=O) groups is 2. The molecule has 26 heavy (non-hydrogen) atoms. The average molecular weight is 351 g/mol. The van der Waals surface area contributed by atoms with E-state index in [1.807, 2.05) is 49.5 Å². The van der Waals surface area contributed by atoms with Crippen molar-refractivity contribution in [3.05, 3.63) is 54.4 Å². The van der Waals surface area contributed by atoms with Crippen molar-refractivity contribution in [2.24, 2.45) is 17.6 Å². The second-order valence-electron chi connectivity index (χ2n) is 7.06. The van der Waals surface area contributed by atoms with Crippen LogP contribution in [0.5, 0.6) is 0 Å². The Morgan fingerprint density at radius 3 is 2.50 bits per heavy atom. The highest BCUT2D eigenvalue weighted by Crippen LogP contribution is 2.29. The number of benzene rings is 1. The molecule has 5 nitrogen and oxygen atoms in total. The fourth-order valence-corrected chi connectivity index (χ4v) is 3.60. The molecule has 1 aliphatic carbocycles.